The molecule has 6 heteroatoms. The topological polar surface area (TPSA) is 55.2 Å². The van der Waals surface area contributed by atoms with Crippen LogP contribution < -0.4 is 5.32 Å². The van der Waals surface area contributed by atoms with Crippen molar-refractivity contribution in [2.45, 2.75) is 25.7 Å². The Balaban J connectivity index is 1.75. The molecular weight excluding hydrogens is 283 g/mol. The molecule has 3 rings (SSSR count). The molecular formula is C14H16ClFN2O2. The van der Waals surface area contributed by atoms with Crippen molar-refractivity contribution in [3.05, 3.63) is 33.1 Å². The quantitative estimate of drug-likeness (QED) is 0.631. The minimum atomic E-state index is -0.630. The van der Waals surface area contributed by atoms with Gasteiger partial charge in [0.25, 0.3) is 5.69 Å². The summed E-state index contributed by atoms with van der Waals surface area (Å²) in [5.74, 6) is 1.42. The summed E-state index contributed by atoms with van der Waals surface area (Å²) in [6.07, 6.45) is 5.00. The maximum Gasteiger partial charge on any atom is 0.294 e. The molecule has 1 aromatic carbocycles. The molecule has 2 aliphatic rings. The average molecular weight is 299 g/mol. The molecule has 4 nitrogen and oxygen atoms in total. The van der Waals surface area contributed by atoms with Crippen molar-refractivity contribution in [1.82, 2.24) is 0 Å². The molecule has 20 heavy (non-hydrogen) atoms. The number of hydrogen-bond acceptors (Lipinski definition) is 3. The number of nitrogens with zero attached hydrogens (tertiary/aromatic N) is 1. The van der Waals surface area contributed by atoms with Gasteiger partial charge < -0.3 is 5.32 Å². The van der Waals surface area contributed by atoms with Crippen LogP contribution in [-0.4, -0.2) is 11.5 Å². The summed E-state index contributed by atoms with van der Waals surface area (Å²) in [6.45, 7) is 0.678. The first-order chi connectivity index (χ1) is 9.56. The minimum Gasteiger partial charge on any atom is -0.379 e. The van der Waals surface area contributed by atoms with E-state index in [-0.39, 0.29) is 16.4 Å². The molecule has 0 aliphatic heterocycles. The zero-order valence-electron chi connectivity index (χ0n) is 10.9. The van der Waals surface area contributed by atoms with Crippen LogP contribution >= 0.6 is 11.6 Å². The molecule has 0 radical (unpaired) electrons. The monoisotopic (exact) mass is 298 g/mol. The lowest BCUT2D eigenvalue weighted by Gasteiger charge is -2.17. The van der Waals surface area contributed by atoms with E-state index in [4.69, 9.17) is 11.6 Å². The van der Waals surface area contributed by atoms with Crippen LogP contribution in [0.5, 0.6) is 0 Å². The fourth-order valence-corrected chi connectivity index (χ4v) is 2.98. The SMILES string of the molecule is O=[N+]([O-])c1cc(Cl)c(F)cc1NCC(C1CC1)C1CC1. The maximum absolute atomic E-state index is 13.5. The van der Waals surface area contributed by atoms with Gasteiger partial charge in [0, 0.05) is 18.7 Å². The highest BCUT2D eigenvalue weighted by molar-refractivity contribution is 6.31. The number of hydrogen-bond donors (Lipinski definition) is 1. The summed E-state index contributed by atoms with van der Waals surface area (Å²) in [6, 6.07) is 2.19. The summed E-state index contributed by atoms with van der Waals surface area (Å²) < 4.78 is 13.5. The van der Waals surface area contributed by atoms with Crippen molar-refractivity contribution in [2.75, 3.05) is 11.9 Å². The molecule has 0 spiro atoms. The Kier molecular flexibility index (Phi) is 3.54. The number of nitrogens with one attached hydrogen (secondary N) is 1. The van der Waals surface area contributed by atoms with Crippen molar-refractivity contribution in [3.63, 3.8) is 0 Å². The first-order valence-corrected chi connectivity index (χ1v) is 7.31. The third kappa shape index (κ3) is 2.87. The summed E-state index contributed by atoms with van der Waals surface area (Å²) >= 11 is 5.61. The van der Waals surface area contributed by atoms with Gasteiger partial charge in [-0.05, 0) is 43.4 Å². The largest absolute Gasteiger partial charge is 0.379 e. The molecule has 1 aromatic rings. The van der Waals surface area contributed by atoms with Gasteiger partial charge in [0.2, 0.25) is 0 Å². The first-order valence-electron chi connectivity index (χ1n) is 6.93. The predicted octanol–water partition coefficient (Wildman–Crippen LogP) is 4.24. The van der Waals surface area contributed by atoms with Gasteiger partial charge in [-0.2, -0.15) is 0 Å². The Labute approximate surface area is 121 Å². The molecule has 2 fully saturated rings. The zero-order chi connectivity index (χ0) is 14.3. The second-order valence-electron chi connectivity index (χ2n) is 5.76. The Hall–Kier alpha value is -1.36. The van der Waals surface area contributed by atoms with E-state index in [0.29, 0.717) is 12.5 Å². The molecule has 0 amide bonds. The Morgan fingerprint density at radius 2 is 1.95 bits per heavy atom. The normalized spacial score (nSPS) is 18.4. The fourth-order valence-electron chi connectivity index (χ4n) is 2.82. The molecule has 1 N–H and O–H groups in total. The first kappa shape index (κ1) is 13.6. The maximum atomic E-state index is 13.5. The highest BCUT2D eigenvalue weighted by Gasteiger charge is 2.41. The van der Waals surface area contributed by atoms with Crippen molar-refractivity contribution in [2.24, 2.45) is 17.8 Å². The van der Waals surface area contributed by atoms with Gasteiger partial charge >= 0.3 is 0 Å². The predicted molar refractivity (Wildman–Crippen MR) is 75.5 cm³/mol. The van der Waals surface area contributed by atoms with E-state index in [1.807, 2.05) is 0 Å². The van der Waals surface area contributed by atoms with Crippen molar-refractivity contribution in [1.29, 1.82) is 0 Å². The molecule has 0 unspecified atom stereocenters. The van der Waals surface area contributed by atoms with E-state index in [1.165, 1.54) is 25.7 Å². The second-order valence-corrected chi connectivity index (χ2v) is 6.17. The summed E-state index contributed by atoms with van der Waals surface area (Å²) in [4.78, 5) is 10.5. The summed E-state index contributed by atoms with van der Waals surface area (Å²) in [7, 11) is 0. The lowest BCUT2D eigenvalue weighted by atomic mass is 9.98. The number of nitro groups is 1. The number of rotatable bonds is 6. The molecule has 2 aliphatic carbocycles. The Bertz CT molecular complexity index is 532. The smallest absolute Gasteiger partial charge is 0.294 e. The molecule has 0 saturated heterocycles. The van der Waals surface area contributed by atoms with Crippen molar-refractivity contribution >= 4 is 23.0 Å². The number of benzene rings is 1. The Morgan fingerprint density at radius 3 is 2.45 bits per heavy atom. The minimum absolute atomic E-state index is 0.165. The van der Waals surface area contributed by atoms with Gasteiger partial charge in [-0.15, -0.1) is 0 Å². The van der Waals surface area contributed by atoms with Crippen molar-refractivity contribution < 1.29 is 9.31 Å². The third-order valence-electron chi connectivity index (χ3n) is 4.22. The highest BCUT2D eigenvalue weighted by atomic mass is 35.5. The molecule has 0 bridgehead atoms. The van der Waals surface area contributed by atoms with Crippen LogP contribution in [0.2, 0.25) is 5.02 Å². The van der Waals surface area contributed by atoms with Crippen LogP contribution in [0.4, 0.5) is 15.8 Å². The van der Waals surface area contributed by atoms with Gasteiger partial charge in [-0.3, -0.25) is 10.1 Å². The average Bonchev–Trinajstić information content (AvgIpc) is 3.26. The van der Waals surface area contributed by atoms with Crippen LogP contribution in [0.3, 0.4) is 0 Å². The van der Waals surface area contributed by atoms with E-state index in [1.54, 1.807) is 0 Å². The van der Waals surface area contributed by atoms with Gasteiger partial charge in [0.15, 0.2) is 0 Å². The van der Waals surface area contributed by atoms with Crippen LogP contribution in [0.1, 0.15) is 25.7 Å². The number of anilines is 1. The number of nitro benzene ring substituents is 1. The van der Waals surface area contributed by atoms with Gasteiger partial charge in [-0.1, -0.05) is 11.6 Å². The van der Waals surface area contributed by atoms with Crippen molar-refractivity contribution in [3.8, 4) is 0 Å². The molecule has 108 valence electrons. The third-order valence-corrected chi connectivity index (χ3v) is 4.51. The lowest BCUT2D eigenvalue weighted by molar-refractivity contribution is -0.384. The van der Waals surface area contributed by atoms with E-state index in [9.17, 15) is 14.5 Å². The van der Waals surface area contributed by atoms with Gasteiger partial charge in [-0.25, -0.2) is 4.39 Å². The Morgan fingerprint density at radius 1 is 1.35 bits per heavy atom. The molecule has 0 heterocycles. The van der Waals surface area contributed by atoms with E-state index < -0.39 is 10.7 Å². The molecule has 2 saturated carbocycles. The number of halogens is 2. The highest BCUT2D eigenvalue weighted by Crippen LogP contribution is 2.49. The van der Waals surface area contributed by atoms with Crippen LogP contribution in [0.25, 0.3) is 0 Å². The fraction of sp³-hybridized carbons (Fsp3) is 0.571. The van der Waals surface area contributed by atoms with Gasteiger partial charge in [0.1, 0.15) is 11.5 Å². The molecule has 0 aromatic heterocycles. The summed E-state index contributed by atoms with van der Waals surface area (Å²) in [5.41, 5.74) is 0.0601. The summed E-state index contributed by atoms with van der Waals surface area (Å²) in [5, 5.41) is 13.9. The van der Waals surface area contributed by atoms with E-state index >= 15 is 0 Å². The van der Waals surface area contributed by atoms with Crippen LogP contribution in [-0.2, 0) is 0 Å². The standard InChI is InChI=1S/C14H16ClFN2O2/c15-11-5-14(18(19)20)13(6-12(11)16)17-7-10(8-1-2-8)9-3-4-9/h5-6,8-10,17H,1-4,7H2. The van der Waals surface area contributed by atoms with Crippen LogP contribution in [0.15, 0.2) is 12.1 Å². The van der Waals surface area contributed by atoms with Gasteiger partial charge in [0.05, 0.1) is 9.95 Å². The van der Waals surface area contributed by atoms with E-state index in [0.717, 1.165) is 24.0 Å². The molecule has 0 atom stereocenters. The lowest BCUT2D eigenvalue weighted by Crippen LogP contribution is -2.18. The van der Waals surface area contributed by atoms with Crippen LogP contribution in [0, 0.1) is 33.7 Å². The zero-order valence-corrected chi connectivity index (χ0v) is 11.7. The van der Waals surface area contributed by atoms with E-state index in [2.05, 4.69) is 5.32 Å². The second kappa shape index (κ2) is 5.20.